The maximum absolute atomic E-state index is 12.1. The Labute approximate surface area is 142 Å². The van der Waals surface area contributed by atoms with Crippen LogP contribution in [0, 0.1) is 27.2 Å². The zero-order chi connectivity index (χ0) is 18.6. The van der Waals surface area contributed by atoms with Crippen LogP contribution >= 0.6 is 0 Å². The van der Waals surface area contributed by atoms with E-state index in [0.717, 1.165) is 0 Å². The van der Waals surface area contributed by atoms with Gasteiger partial charge in [-0.1, -0.05) is 0 Å². The molecule has 0 saturated carbocycles. The summed E-state index contributed by atoms with van der Waals surface area (Å²) in [5.41, 5.74) is 3.93. The van der Waals surface area contributed by atoms with E-state index < -0.39 is 15.8 Å². The van der Waals surface area contributed by atoms with Gasteiger partial charge in [0.2, 0.25) is 0 Å². The van der Waals surface area contributed by atoms with Crippen molar-refractivity contribution < 1.29 is 14.6 Å². The molecular weight excluding hydrogens is 328 g/mol. The van der Waals surface area contributed by atoms with Crippen molar-refractivity contribution in [1.82, 2.24) is 5.43 Å². The Balaban J connectivity index is 2.12. The SMILES string of the molecule is CC(=NNC(=O)c1ccc([N+](=O)[O-])c(C)c1)c1ccc([N+](=O)[O-])cc1. The van der Waals surface area contributed by atoms with Crippen LogP contribution in [0.5, 0.6) is 0 Å². The molecule has 1 amide bonds. The third-order valence-electron chi connectivity index (χ3n) is 3.48. The van der Waals surface area contributed by atoms with E-state index in [1.54, 1.807) is 13.8 Å². The van der Waals surface area contributed by atoms with Gasteiger partial charge >= 0.3 is 0 Å². The highest BCUT2D eigenvalue weighted by Gasteiger charge is 2.13. The fraction of sp³-hybridized carbons (Fsp3) is 0.125. The van der Waals surface area contributed by atoms with Gasteiger partial charge in [-0.25, -0.2) is 5.43 Å². The van der Waals surface area contributed by atoms with E-state index in [9.17, 15) is 25.0 Å². The van der Waals surface area contributed by atoms with Crippen LogP contribution in [0.15, 0.2) is 47.6 Å². The lowest BCUT2D eigenvalue weighted by atomic mass is 10.1. The highest BCUT2D eigenvalue weighted by molar-refractivity contribution is 6.01. The van der Waals surface area contributed by atoms with Crippen LogP contribution in [0.25, 0.3) is 0 Å². The molecule has 2 aromatic carbocycles. The van der Waals surface area contributed by atoms with Crippen LogP contribution in [0.4, 0.5) is 11.4 Å². The van der Waals surface area contributed by atoms with Crippen LogP contribution in [0.1, 0.15) is 28.4 Å². The van der Waals surface area contributed by atoms with E-state index in [2.05, 4.69) is 10.5 Å². The molecule has 0 spiro atoms. The van der Waals surface area contributed by atoms with Crippen molar-refractivity contribution >= 4 is 23.0 Å². The number of benzene rings is 2. The minimum absolute atomic E-state index is 0.0399. The van der Waals surface area contributed by atoms with Crippen molar-refractivity contribution in [2.75, 3.05) is 0 Å². The molecule has 9 heteroatoms. The minimum atomic E-state index is -0.520. The summed E-state index contributed by atoms with van der Waals surface area (Å²) in [4.78, 5) is 32.5. The number of nitrogens with one attached hydrogen (secondary N) is 1. The zero-order valence-corrected chi connectivity index (χ0v) is 13.4. The predicted molar refractivity (Wildman–Crippen MR) is 90.6 cm³/mol. The topological polar surface area (TPSA) is 128 Å². The van der Waals surface area contributed by atoms with Crippen molar-refractivity contribution in [2.24, 2.45) is 5.10 Å². The number of hydrogen-bond donors (Lipinski definition) is 1. The minimum Gasteiger partial charge on any atom is -0.267 e. The third-order valence-corrected chi connectivity index (χ3v) is 3.48. The molecule has 1 N–H and O–H groups in total. The van der Waals surface area contributed by atoms with Gasteiger partial charge in [0.05, 0.1) is 15.6 Å². The Morgan fingerprint density at radius 2 is 1.60 bits per heavy atom. The van der Waals surface area contributed by atoms with Crippen molar-refractivity contribution in [1.29, 1.82) is 0 Å². The van der Waals surface area contributed by atoms with Gasteiger partial charge in [0.25, 0.3) is 17.3 Å². The first kappa shape index (κ1) is 17.7. The Hall–Kier alpha value is -3.62. The quantitative estimate of drug-likeness (QED) is 0.507. The highest BCUT2D eigenvalue weighted by Crippen LogP contribution is 2.18. The Bertz CT molecular complexity index is 875. The highest BCUT2D eigenvalue weighted by atomic mass is 16.6. The van der Waals surface area contributed by atoms with Gasteiger partial charge in [-0.15, -0.1) is 0 Å². The van der Waals surface area contributed by atoms with E-state index in [4.69, 9.17) is 0 Å². The van der Waals surface area contributed by atoms with Gasteiger partial charge in [-0.05, 0) is 43.7 Å². The number of nitro groups is 2. The Kier molecular flexibility index (Phi) is 5.18. The van der Waals surface area contributed by atoms with Crippen LogP contribution in [-0.4, -0.2) is 21.5 Å². The molecule has 2 aromatic rings. The largest absolute Gasteiger partial charge is 0.272 e. The number of non-ortho nitro benzene ring substituents is 1. The molecule has 0 radical (unpaired) electrons. The lowest BCUT2D eigenvalue weighted by Crippen LogP contribution is -2.19. The standard InChI is InChI=1S/C16H14N4O5/c1-10-9-13(5-8-15(10)20(24)25)16(21)18-17-11(2)12-3-6-14(7-4-12)19(22)23/h3-9H,1-2H3,(H,18,21). The molecule has 0 saturated heterocycles. The van der Waals surface area contributed by atoms with E-state index in [1.807, 2.05) is 0 Å². The van der Waals surface area contributed by atoms with E-state index in [0.29, 0.717) is 16.8 Å². The van der Waals surface area contributed by atoms with E-state index in [-0.39, 0.29) is 16.9 Å². The number of nitro benzene ring substituents is 2. The molecule has 0 aliphatic carbocycles. The number of carbonyl (C=O) groups excluding carboxylic acids is 1. The monoisotopic (exact) mass is 342 g/mol. The zero-order valence-electron chi connectivity index (χ0n) is 13.4. The second kappa shape index (κ2) is 7.30. The molecular formula is C16H14N4O5. The van der Waals surface area contributed by atoms with Crippen molar-refractivity contribution in [3.63, 3.8) is 0 Å². The first-order chi connectivity index (χ1) is 11.8. The summed E-state index contributed by atoms with van der Waals surface area (Å²) in [5.74, 6) is -0.515. The molecule has 0 fully saturated rings. The summed E-state index contributed by atoms with van der Waals surface area (Å²) in [6, 6.07) is 9.75. The summed E-state index contributed by atoms with van der Waals surface area (Å²) in [6.45, 7) is 3.18. The average Bonchev–Trinajstić information content (AvgIpc) is 2.58. The normalized spacial score (nSPS) is 11.0. The number of hydrazone groups is 1. The fourth-order valence-electron chi connectivity index (χ4n) is 2.09. The van der Waals surface area contributed by atoms with Gasteiger partial charge in [0.15, 0.2) is 0 Å². The Morgan fingerprint density at radius 1 is 1.00 bits per heavy atom. The number of hydrogen-bond acceptors (Lipinski definition) is 6. The molecule has 2 rings (SSSR count). The van der Waals surface area contributed by atoms with Crippen LogP contribution in [0.3, 0.4) is 0 Å². The first-order valence-electron chi connectivity index (χ1n) is 7.14. The van der Waals surface area contributed by atoms with Gasteiger partial charge in [0, 0.05) is 29.3 Å². The average molecular weight is 342 g/mol. The van der Waals surface area contributed by atoms with Gasteiger partial charge in [-0.2, -0.15) is 5.10 Å². The van der Waals surface area contributed by atoms with Crippen molar-refractivity contribution in [3.05, 3.63) is 79.4 Å². The van der Waals surface area contributed by atoms with Gasteiger partial charge in [0.1, 0.15) is 0 Å². The maximum Gasteiger partial charge on any atom is 0.272 e. The summed E-state index contributed by atoms with van der Waals surface area (Å²) in [6.07, 6.45) is 0. The van der Waals surface area contributed by atoms with Gasteiger partial charge in [-0.3, -0.25) is 25.0 Å². The number of amides is 1. The molecule has 128 valence electrons. The van der Waals surface area contributed by atoms with Crippen LogP contribution < -0.4 is 5.43 Å². The predicted octanol–water partition coefficient (Wildman–Crippen LogP) is 2.97. The summed E-state index contributed by atoms with van der Waals surface area (Å²) >= 11 is 0. The first-order valence-corrected chi connectivity index (χ1v) is 7.14. The number of nitrogens with zero attached hydrogens (tertiary/aromatic N) is 3. The van der Waals surface area contributed by atoms with Crippen LogP contribution in [0.2, 0.25) is 0 Å². The maximum atomic E-state index is 12.1. The lowest BCUT2D eigenvalue weighted by molar-refractivity contribution is -0.385. The third kappa shape index (κ3) is 4.22. The second-order valence-corrected chi connectivity index (χ2v) is 5.20. The molecule has 0 heterocycles. The molecule has 0 unspecified atom stereocenters. The van der Waals surface area contributed by atoms with E-state index in [1.165, 1.54) is 42.5 Å². The lowest BCUT2D eigenvalue weighted by Gasteiger charge is -2.04. The number of rotatable bonds is 5. The number of aryl methyl sites for hydroxylation is 1. The summed E-state index contributed by atoms with van der Waals surface area (Å²) in [5, 5.41) is 25.4. The summed E-state index contributed by atoms with van der Waals surface area (Å²) in [7, 11) is 0. The molecule has 0 atom stereocenters. The van der Waals surface area contributed by atoms with E-state index >= 15 is 0 Å². The molecule has 0 aliphatic rings. The molecule has 0 bridgehead atoms. The summed E-state index contributed by atoms with van der Waals surface area (Å²) < 4.78 is 0. The second-order valence-electron chi connectivity index (χ2n) is 5.20. The fourth-order valence-corrected chi connectivity index (χ4v) is 2.09. The molecule has 0 aliphatic heterocycles. The van der Waals surface area contributed by atoms with Gasteiger partial charge < -0.3 is 0 Å². The number of carbonyl (C=O) groups is 1. The molecule has 9 nitrogen and oxygen atoms in total. The smallest absolute Gasteiger partial charge is 0.267 e. The van der Waals surface area contributed by atoms with Crippen molar-refractivity contribution in [2.45, 2.75) is 13.8 Å². The van der Waals surface area contributed by atoms with Crippen LogP contribution in [-0.2, 0) is 0 Å². The molecule has 0 aromatic heterocycles. The van der Waals surface area contributed by atoms with Crippen molar-refractivity contribution in [3.8, 4) is 0 Å². The Morgan fingerprint density at radius 3 is 2.12 bits per heavy atom. The molecule has 25 heavy (non-hydrogen) atoms.